The van der Waals surface area contributed by atoms with Crippen molar-refractivity contribution in [1.29, 1.82) is 0 Å². The van der Waals surface area contributed by atoms with E-state index in [-0.39, 0.29) is 11.6 Å². The normalized spacial score (nSPS) is 26.2. The highest BCUT2D eigenvalue weighted by molar-refractivity contribution is 5.66. The zero-order valence-corrected chi connectivity index (χ0v) is 20.0. The first-order valence-electron chi connectivity index (χ1n) is 13.2. The van der Waals surface area contributed by atoms with Gasteiger partial charge in [-0.15, -0.1) is 0 Å². The van der Waals surface area contributed by atoms with E-state index in [0.717, 1.165) is 48.6 Å². The maximum absolute atomic E-state index is 15.1. The first-order chi connectivity index (χ1) is 15.6. The Morgan fingerprint density at radius 2 is 0.969 bits per heavy atom. The van der Waals surface area contributed by atoms with Gasteiger partial charge in [0.25, 0.3) is 0 Å². The second kappa shape index (κ2) is 10.9. The van der Waals surface area contributed by atoms with Crippen LogP contribution in [0, 0.1) is 23.5 Å². The molecule has 2 saturated carbocycles. The van der Waals surface area contributed by atoms with E-state index >= 15 is 8.78 Å². The van der Waals surface area contributed by atoms with Crippen LogP contribution in [0.1, 0.15) is 114 Å². The first kappa shape index (κ1) is 23.5. The highest BCUT2D eigenvalue weighted by atomic mass is 19.1. The van der Waals surface area contributed by atoms with E-state index in [9.17, 15) is 0 Å². The van der Waals surface area contributed by atoms with E-state index in [1.165, 1.54) is 51.4 Å². The van der Waals surface area contributed by atoms with Gasteiger partial charge in [0.1, 0.15) is 11.6 Å². The molecule has 0 N–H and O–H groups in total. The van der Waals surface area contributed by atoms with Crippen LogP contribution in [0.25, 0.3) is 11.1 Å². The zero-order chi connectivity index (χ0) is 22.5. The monoisotopic (exact) mass is 438 g/mol. The van der Waals surface area contributed by atoms with E-state index in [1.54, 1.807) is 24.3 Å². The molecule has 2 aliphatic rings. The van der Waals surface area contributed by atoms with Gasteiger partial charge in [0, 0.05) is 11.1 Å². The predicted octanol–water partition coefficient (Wildman–Crippen LogP) is 9.78. The van der Waals surface area contributed by atoms with Crippen molar-refractivity contribution < 1.29 is 8.78 Å². The van der Waals surface area contributed by atoms with Crippen molar-refractivity contribution in [2.75, 3.05) is 0 Å². The van der Waals surface area contributed by atoms with Crippen LogP contribution in [-0.4, -0.2) is 0 Å². The Morgan fingerprint density at radius 1 is 0.594 bits per heavy atom. The molecule has 2 aromatic rings. The fraction of sp³-hybridized carbons (Fsp3) is 0.600. The summed E-state index contributed by atoms with van der Waals surface area (Å²) >= 11 is 0. The third-order valence-electron chi connectivity index (χ3n) is 8.31. The van der Waals surface area contributed by atoms with E-state index in [0.29, 0.717) is 23.0 Å². The lowest BCUT2D eigenvalue weighted by Crippen LogP contribution is -2.13. The molecule has 174 valence electrons. The van der Waals surface area contributed by atoms with Crippen LogP contribution < -0.4 is 0 Å². The average molecular weight is 439 g/mol. The van der Waals surface area contributed by atoms with Gasteiger partial charge in [-0.2, -0.15) is 0 Å². The zero-order valence-electron chi connectivity index (χ0n) is 20.0. The highest BCUT2D eigenvalue weighted by Gasteiger charge is 2.24. The Kier molecular flexibility index (Phi) is 8.02. The fourth-order valence-electron chi connectivity index (χ4n) is 6.39. The van der Waals surface area contributed by atoms with Crippen molar-refractivity contribution >= 4 is 0 Å². The molecule has 0 amide bonds. The van der Waals surface area contributed by atoms with E-state index in [1.807, 2.05) is 12.1 Å². The molecular weight excluding hydrogens is 398 g/mol. The quantitative estimate of drug-likeness (QED) is 0.403. The van der Waals surface area contributed by atoms with E-state index in [4.69, 9.17) is 0 Å². The van der Waals surface area contributed by atoms with Crippen molar-refractivity contribution in [3.05, 3.63) is 59.2 Å². The molecule has 0 saturated heterocycles. The minimum atomic E-state index is -0.287. The van der Waals surface area contributed by atoms with Crippen LogP contribution in [0.2, 0.25) is 0 Å². The van der Waals surface area contributed by atoms with Gasteiger partial charge in [0.2, 0.25) is 0 Å². The molecule has 0 heterocycles. The largest absolute Gasteiger partial charge is 0.206 e. The molecule has 0 aliphatic heterocycles. The topological polar surface area (TPSA) is 0 Å². The summed E-state index contributed by atoms with van der Waals surface area (Å²) in [7, 11) is 0. The maximum atomic E-state index is 15.1. The predicted molar refractivity (Wildman–Crippen MR) is 131 cm³/mol. The molecule has 2 heteroatoms. The van der Waals surface area contributed by atoms with Gasteiger partial charge < -0.3 is 0 Å². The van der Waals surface area contributed by atoms with Gasteiger partial charge in [-0.05, 0) is 98.3 Å². The summed E-state index contributed by atoms with van der Waals surface area (Å²) in [5.74, 6) is 2.00. The molecule has 0 radical (unpaired) electrons. The molecule has 0 nitrogen and oxygen atoms in total. The number of halogens is 2. The van der Waals surface area contributed by atoms with Crippen molar-refractivity contribution in [3.8, 4) is 11.1 Å². The number of hydrogen-bond acceptors (Lipinski definition) is 0. The lowest BCUT2D eigenvalue weighted by atomic mass is 9.76. The maximum Gasteiger partial charge on any atom is 0.131 e. The van der Waals surface area contributed by atoms with Gasteiger partial charge >= 0.3 is 0 Å². The third-order valence-corrected chi connectivity index (χ3v) is 8.31. The van der Waals surface area contributed by atoms with E-state index < -0.39 is 0 Å². The van der Waals surface area contributed by atoms with Crippen LogP contribution in [0.15, 0.2) is 36.4 Å². The molecule has 0 atom stereocenters. The van der Waals surface area contributed by atoms with Crippen LogP contribution in [0.3, 0.4) is 0 Å². The second-order valence-corrected chi connectivity index (χ2v) is 10.5. The Morgan fingerprint density at radius 3 is 1.28 bits per heavy atom. The summed E-state index contributed by atoms with van der Waals surface area (Å²) < 4.78 is 30.1. The van der Waals surface area contributed by atoms with Gasteiger partial charge in [-0.25, -0.2) is 8.78 Å². The van der Waals surface area contributed by atoms with E-state index in [2.05, 4.69) is 13.8 Å². The van der Waals surface area contributed by atoms with Crippen molar-refractivity contribution in [3.63, 3.8) is 0 Å². The van der Waals surface area contributed by atoms with Crippen molar-refractivity contribution in [2.24, 2.45) is 11.8 Å². The molecule has 0 aromatic heterocycles. The number of benzene rings is 2. The highest BCUT2D eigenvalue weighted by Crippen LogP contribution is 2.40. The summed E-state index contributed by atoms with van der Waals surface area (Å²) in [5.41, 5.74) is 2.96. The molecular formula is C30H40F2. The lowest BCUT2D eigenvalue weighted by molar-refractivity contribution is 0.308. The summed E-state index contributed by atoms with van der Waals surface area (Å²) in [4.78, 5) is 0. The lowest BCUT2D eigenvalue weighted by Gasteiger charge is -2.29. The third kappa shape index (κ3) is 5.43. The summed E-state index contributed by atoms with van der Waals surface area (Å²) in [6.45, 7) is 4.51. The Hall–Kier alpha value is -1.70. The van der Waals surface area contributed by atoms with Crippen LogP contribution in [0.5, 0.6) is 0 Å². The van der Waals surface area contributed by atoms with Crippen LogP contribution in [-0.2, 0) is 0 Å². The molecule has 0 spiro atoms. The smallest absolute Gasteiger partial charge is 0.131 e. The van der Waals surface area contributed by atoms with Gasteiger partial charge in [-0.1, -0.05) is 63.8 Å². The van der Waals surface area contributed by atoms with Crippen LogP contribution in [0.4, 0.5) is 8.78 Å². The fourth-order valence-corrected chi connectivity index (χ4v) is 6.39. The summed E-state index contributed by atoms with van der Waals surface area (Å²) in [6, 6.07) is 11.0. The Balaban J connectivity index is 1.44. The number of rotatable bonds is 7. The SMILES string of the molecule is CCC[C@H]1CC[C@H](c2ccc(-c3ccc([C@H]4CC[C@H](CCC)CC4)cc3F)c(F)c2)CC1. The molecule has 0 unspecified atom stereocenters. The minimum Gasteiger partial charge on any atom is -0.206 e. The molecule has 0 bridgehead atoms. The second-order valence-electron chi connectivity index (χ2n) is 10.5. The average Bonchev–Trinajstić information content (AvgIpc) is 2.81. The molecule has 2 fully saturated rings. The van der Waals surface area contributed by atoms with Gasteiger partial charge in [-0.3, -0.25) is 0 Å². The molecule has 4 rings (SSSR count). The Labute approximate surface area is 193 Å². The van der Waals surface area contributed by atoms with Crippen molar-refractivity contribution in [2.45, 2.75) is 103 Å². The summed E-state index contributed by atoms with van der Waals surface area (Å²) in [5, 5.41) is 0. The van der Waals surface area contributed by atoms with Gasteiger partial charge in [0.05, 0.1) is 0 Å². The Bertz CT molecular complexity index is 797. The minimum absolute atomic E-state index is 0.287. The van der Waals surface area contributed by atoms with Gasteiger partial charge in [0.15, 0.2) is 0 Å². The first-order valence-corrected chi connectivity index (χ1v) is 13.2. The molecule has 32 heavy (non-hydrogen) atoms. The van der Waals surface area contributed by atoms with Crippen molar-refractivity contribution in [1.82, 2.24) is 0 Å². The number of hydrogen-bond donors (Lipinski definition) is 0. The molecule has 2 aliphatic carbocycles. The summed E-state index contributed by atoms with van der Waals surface area (Å²) in [6.07, 6.45) is 14.7. The standard InChI is InChI=1S/C30H40F2/c1-3-5-21-7-11-23(12-8-21)25-15-17-27(29(31)19-25)28-18-16-26(20-30(28)32)24-13-9-22(6-4-2)10-14-24/h15-24H,3-14H2,1-2H3/t21-,22-,23-,24-. The van der Waals surface area contributed by atoms with Crippen LogP contribution >= 0.6 is 0 Å². The molecule has 2 aromatic carbocycles.